The summed E-state index contributed by atoms with van der Waals surface area (Å²) in [6, 6.07) is 0. The number of rotatable bonds is 4. The van der Waals surface area contributed by atoms with E-state index < -0.39 is 0 Å². The molecule has 0 bridgehead atoms. The van der Waals surface area contributed by atoms with Crippen LogP contribution in [0.15, 0.2) is 0 Å². The first kappa shape index (κ1) is 12.9. The lowest BCUT2D eigenvalue weighted by Gasteiger charge is -2.36. The first-order valence-electron chi connectivity index (χ1n) is 7.86. The van der Waals surface area contributed by atoms with Crippen LogP contribution in [-0.2, 0) is 0 Å². The van der Waals surface area contributed by atoms with Crippen molar-refractivity contribution in [3.63, 3.8) is 0 Å². The SMILES string of the molecule is CC1(C)C2CNCC2CN1CCCN1CCCC1. The van der Waals surface area contributed by atoms with E-state index in [1.54, 1.807) is 0 Å². The standard InChI is InChI=1S/C15H29N3/c1-15(2)14-11-16-10-13(14)12-18(15)9-5-8-17-6-3-4-7-17/h13-14,16H,3-12H2,1-2H3. The fourth-order valence-electron chi connectivity index (χ4n) is 4.38. The van der Waals surface area contributed by atoms with Gasteiger partial charge in [-0.25, -0.2) is 0 Å². The van der Waals surface area contributed by atoms with Gasteiger partial charge in [-0.3, -0.25) is 4.90 Å². The second-order valence-electron chi connectivity index (χ2n) is 7.03. The van der Waals surface area contributed by atoms with Gasteiger partial charge in [0.25, 0.3) is 0 Å². The van der Waals surface area contributed by atoms with Crippen molar-refractivity contribution in [3.05, 3.63) is 0 Å². The lowest BCUT2D eigenvalue weighted by atomic mass is 9.85. The van der Waals surface area contributed by atoms with Gasteiger partial charge >= 0.3 is 0 Å². The van der Waals surface area contributed by atoms with Gasteiger partial charge in [-0.05, 0) is 77.7 Å². The third-order valence-electron chi connectivity index (χ3n) is 5.62. The summed E-state index contributed by atoms with van der Waals surface area (Å²) in [6.45, 7) is 14.0. The van der Waals surface area contributed by atoms with Crippen molar-refractivity contribution in [1.82, 2.24) is 15.1 Å². The van der Waals surface area contributed by atoms with Crippen LogP contribution in [0.1, 0.15) is 33.1 Å². The Bertz CT molecular complexity index is 283. The molecule has 3 saturated heterocycles. The van der Waals surface area contributed by atoms with Crippen molar-refractivity contribution in [2.24, 2.45) is 11.8 Å². The molecule has 18 heavy (non-hydrogen) atoms. The zero-order chi connectivity index (χ0) is 12.6. The Morgan fingerprint density at radius 2 is 1.89 bits per heavy atom. The summed E-state index contributed by atoms with van der Waals surface area (Å²) in [5.74, 6) is 1.79. The van der Waals surface area contributed by atoms with Crippen molar-refractivity contribution in [2.45, 2.75) is 38.6 Å². The highest BCUT2D eigenvalue weighted by Gasteiger charge is 2.48. The monoisotopic (exact) mass is 251 g/mol. The molecule has 3 aliphatic rings. The molecule has 104 valence electrons. The van der Waals surface area contributed by atoms with Gasteiger partial charge in [-0.1, -0.05) is 0 Å². The van der Waals surface area contributed by atoms with E-state index >= 15 is 0 Å². The van der Waals surface area contributed by atoms with Crippen molar-refractivity contribution in [3.8, 4) is 0 Å². The molecule has 2 atom stereocenters. The number of likely N-dealkylation sites (tertiary alicyclic amines) is 2. The second kappa shape index (κ2) is 5.10. The average Bonchev–Trinajstić information content (AvgIpc) is 3.00. The van der Waals surface area contributed by atoms with Crippen molar-refractivity contribution >= 4 is 0 Å². The Hall–Kier alpha value is -0.120. The summed E-state index contributed by atoms with van der Waals surface area (Å²) in [7, 11) is 0. The summed E-state index contributed by atoms with van der Waals surface area (Å²) in [5, 5.41) is 3.57. The lowest BCUT2D eigenvalue weighted by Crippen LogP contribution is -2.45. The minimum atomic E-state index is 0.416. The number of nitrogens with one attached hydrogen (secondary N) is 1. The second-order valence-corrected chi connectivity index (χ2v) is 7.03. The van der Waals surface area contributed by atoms with Crippen LogP contribution in [0, 0.1) is 11.8 Å². The largest absolute Gasteiger partial charge is 0.316 e. The van der Waals surface area contributed by atoms with E-state index in [-0.39, 0.29) is 0 Å². The summed E-state index contributed by atoms with van der Waals surface area (Å²) in [5.41, 5.74) is 0.416. The first-order chi connectivity index (χ1) is 8.68. The molecule has 3 aliphatic heterocycles. The van der Waals surface area contributed by atoms with Gasteiger partial charge < -0.3 is 10.2 Å². The van der Waals surface area contributed by atoms with Crippen molar-refractivity contribution in [1.29, 1.82) is 0 Å². The van der Waals surface area contributed by atoms with Crippen LogP contribution in [0.5, 0.6) is 0 Å². The van der Waals surface area contributed by atoms with Gasteiger partial charge in [0.2, 0.25) is 0 Å². The lowest BCUT2D eigenvalue weighted by molar-refractivity contribution is 0.133. The third kappa shape index (κ3) is 2.33. The van der Waals surface area contributed by atoms with Gasteiger partial charge in [0.15, 0.2) is 0 Å². The first-order valence-corrected chi connectivity index (χ1v) is 7.86. The molecule has 3 rings (SSSR count). The van der Waals surface area contributed by atoms with Crippen LogP contribution in [0.3, 0.4) is 0 Å². The molecule has 2 unspecified atom stereocenters. The van der Waals surface area contributed by atoms with Crippen molar-refractivity contribution in [2.75, 3.05) is 45.8 Å². The minimum Gasteiger partial charge on any atom is -0.316 e. The summed E-state index contributed by atoms with van der Waals surface area (Å²) >= 11 is 0. The van der Waals surface area contributed by atoms with E-state index in [1.807, 2.05) is 0 Å². The maximum Gasteiger partial charge on any atom is 0.0197 e. The topological polar surface area (TPSA) is 18.5 Å². The number of fused-ring (bicyclic) bond motifs is 1. The van der Waals surface area contributed by atoms with Gasteiger partial charge in [-0.2, -0.15) is 0 Å². The normalized spacial score (nSPS) is 36.3. The van der Waals surface area contributed by atoms with E-state index in [9.17, 15) is 0 Å². The smallest absolute Gasteiger partial charge is 0.0197 e. The number of hydrogen-bond donors (Lipinski definition) is 1. The van der Waals surface area contributed by atoms with E-state index in [0.29, 0.717) is 5.54 Å². The predicted molar refractivity (Wildman–Crippen MR) is 75.8 cm³/mol. The van der Waals surface area contributed by atoms with Gasteiger partial charge in [-0.15, -0.1) is 0 Å². The van der Waals surface area contributed by atoms with E-state index in [1.165, 1.54) is 65.1 Å². The van der Waals surface area contributed by atoms with Crippen LogP contribution in [0.2, 0.25) is 0 Å². The van der Waals surface area contributed by atoms with Crippen LogP contribution in [0.4, 0.5) is 0 Å². The molecule has 3 heterocycles. The van der Waals surface area contributed by atoms with Gasteiger partial charge in [0, 0.05) is 18.6 Å². The molecule has 0 aromatic carbocycles. The maximum absolute atomic E-state index is 3.57. The fraction of sp³-hybridized carbons (Fsp3) is 1.00. The minimum absolute atomic E-state index is 0.416. The molecule has 1 N–H and O–H groups in total. The number of hydrogen-bond acceptors (Lipinski definition) is 3. The Morgan fingerprint density at radius 1 is 1.11 bits per heavy atom. The van der Waals surface area contributed by atoms with Gasteiger partial charge in [0.05, 0.1) is 0 Å². The fourth-order valence-corrected chi connectivity index (χ4v) is 4.38. The predicted octanol–water partition coefficient (Wildman–Crippen LogP) is 1.40. The highest BCUT2D eigenvalue weighted by molar-refractivity contribution is 5.04. The molecular weight excluding hydrogens is 222 g/mol. The van der Waals surface area contributed by atoms with E-state index in [2.05, 4.69) is 29.0 Å². The summed E-state index contributed by atoms with van der Waals surface area (Å²) < 4.78 is 0. The van der Waals surface area contributed by atoms with Crippen LogP contribution in [-0.4, -0.2) is 61.2 Å². The summed E-state index contributed by atoms with van der Waals surface area (Å²) in [4.78, 5) is 5.41. The summed E-state index contributed by atoms with van der Waals surface area (Å²) in [6.07, 6.45) is 4.20. The Kier molecular flexibility index (Phi) is 3.65. The third-order valence-corrected chi connectivity index (χ3v) is 5.62. The van der Waals surface area contributed by atoms with E-state index in [4.69, 9.17) is 0 Å². The molecule has 0 aromatic rings. The quantitative estimate of drug-likeness (QED) is 0.815. The molecule has 0 spiro atoms. The molecular formula is C15H29N3. The van der Waals surface area contributed by atoms with Gasteiger partial charge in [0.1, 0.15) is 0 Å². The molecule has 0 radical (unpaired) electrons. The van der Waals surface area contributed by atoms with Crippen LogP contribution in [0.25, 0.3) is 0 Å². The van der Waals surface area contributed by atoms with Crippen molar-refractivity contribution < 1.29 is 0 Å². The Balaban J connectivity index is 1.47. The maximum atomic E-state index is 3.57. The number of nitrogens with zero attached hydrogens (tertiary/aromatic N) is 2. The molecule has 3 heteroatoms. The van der Waals surface area contributed by atoms with E-state index in [0.717, 1.165) is 11.8 Å². The Labute approximate surface area is 112 Å². The molecule has 0 aromatic heterocycles. The average molecular weight is 251 g/mol. The van der Waals surface area contributed by atoms with Crippen LogP contribution >= 0.6 is 0 Å². The molecule has 3 nitrogen and oxygen atoms in total. The molecule has 0 aliphatic carbocycles. The molecule has 0 amide bonds. The zero-order valence-corrected chi connectivity index (χ0v) is 12.1. The molecule has 0 saturated carbocycles. The molecule has 3 fully saturated rings. The Morgan fingerprint density at radius 3 is 2.61 bits per heavy atom. The highest BCUT2D eigenvalue weighted by Crippen LogP contribution is 2.40. The zero-order valence-electron chi connectivity index (χ0n) is 12.1. The highest BCUT2D eigenvalue weighted by atomic mass is 15.3. The van der Waals surface area contributed by atoms with Crippen LogP contribution < -0.4 is 5.32 Å².